The maximum Gasteiger partial charge on any atom is 0.339 e. The smallest absolute Gasteiger partial charge is 0.339 e. The first-order valence-corrected chi connectivity index (χ1v) is 6.43. The Kier molecular flexibility index (Phi) is 5.07. The number of amides is 1. The lowest BCUT2D eigenvalue weighted by atomic mass is 10.0. The number of carbonyl (C=O) groups is 2. The van der Waals surface area contributed by atoms with E-state index in [0.717, 1.165) is 6.42 Å². The predicted molar refractivity (Wildman–Crippen MR) is 73.8 cm³/mol. The Labute approximate surface area is 118 Å². The van der Waals surface area contributed by atoms with Crippen molar-refractivity contribution in [1.29, 1.82) is 0 Å². The van der Waals surface area contributed by atoms with Crippen molar-refractivity contribution in [2.75, 3.05) is 0 Å². The summed E-state index contributed by atoms with van der Waals surface area (Å²) in [7, 11) is 0. The Morgan fingerprint density at radius 1 is 1.50 bits per heavy atom. The molecule has 0 saturated heterocycles. The molecule has 1 atom stereocenters. The minimum atomic E-state index is -1.12. The van der Waals surface area contributed by atoms with Gasteiger partial charge < -0.3 is 15.2 Å². The summed E-state index contributed by atoms with van der Waals surface area (Å²) < 4.78 is 5.40. The van der Waals surface area contributed by atoms with E-state index in [9.17, 15) is 9.59 Å². The third-order valence-corrected chi connectivity index (χ3v) is 3.03. The molecule has 1 aromatic heterocycles. The highest BCUT2D eigenvalue weighted by Gasteiger charge is 2.24. The van der Waals surface area contributed by atoms with Gasteiger partial charge in [0.1, 0.15) is 5.56 Å². The second-order valence-corrected chi connectivity index (χ2v) is 5.16. The highest BCUT2D eigenvalue weighted by atomic mass is 16.5. The van der Waals surface area contributed by atoms with E-state index in [1.165, 1.54) is 18.5 Å². The molecule has 1 heterocycles. The number of pyridine rings is 1. The largest absolute Gasteiger partial charge is 0.478 e. The number of aromatic nitrogens is 1. The number of carbonyl (C=O) groups excluding carboxylic acids is 1. The number of aromatic carboxylic acids is 1. The number of rotatable bonds is 6. The van der Waals surface area contributed by atoms with Crippen LogP contribution in [0.1, 0.15) is 44.5 Å². The van der Waals surface area contributed by atoms with E-state index in [4.69, 9.17) is 9.84 Å². The summed E-state index contributed by atoms with van der Waals surface area (Å²) in [6.45, 7) is 7.35. The maximum absolute atomic E-state index is 12.0. The molecule has 0 fully saturated rings. The molecule has 1 aromatic rings. The first kappa shape index (κ1) is 15.9. The van der Waals surface area contributed by atoms with E-state index in [1.54, 1.807) is 6.92 Å². The number of hydrogen-bond donors (Lipinski definition) is 2. The highest BCUT2D eigenvalue weighted by molar-refractivity contribution is 5.91. The third kappa shape index (κ3) is 4.22. The normalized spacial score (nSPS) is 12.6. The van der Waals surface area contributed by atoms with Crippen LogP contribution in [0.15, 0.2) is 18.5 Å². The molecule has 20 heavy (non-hydrogen) atoms. The molecular weight excluding hydrogens is 260 g/mol. The Balaban J connectivity index is 2.79. The lowest BCUT2D eigenvalue weighted by Crippen LogP contribution is -2.48. The SMILES string of the molecule is CCC(C)(C)NC(=O)C(C)Oc1cnccc1C(=O)O. The lowest BCUT2D eigenvalue weighted by Gasteiger charge is -2.26. The van der Waals surface area contributed by atoms with Gasteiger partial charge in [-0.15, -0.1) is 0 Å². The van der Waals surface area contributed by atoms with Gasteiger partial charge in [0.15, 0.2) is 11.9 Å². The van der Waals surface area contributed by atoms with Gasteiger partial charge >= 0.3 is 5.97 Å². The van der Waals surface area contributed by atoms with Crippen molar-refractivity contribution in [2.24, 2.45) is 0 Å². The zero-order valence-electron chi connectivity index (χ0n) is 12.1. The number of ether oxygens (including phenoxy) is 1. The molecule has 0 bridgehead atoms. The van der Waals surface area contributed by atoms with Crippen molar-refractivity contribution >= 4 is 11.9 Å². The van der Waals surface area contributed by atoms with Crippen LogP contribution in [-0.2, 0) is 4.79 Å². The second kappa shape index (κ2) is 6.36. The predicted octanol–water partition coefficient (Wildman–Crippen LogP) is 1.85. The van der Waals surface area contributed by atoms with Crippen LogP contribution in [0.25, 0.3) is 0 Å². The quantitative estimate of drug-likeness (QED) is 0.830. The molecule has 1 amide bonds. The van der Waals surface area contributed by atoms with Gasteiger partial charge in [0.2, 0.25) is 0 Å². The molecule has 1 unspecified atom stereocenters. The number of carboxylic acid groups (broad SMARTS) is 1. The second-order valence-electron chi connectivity index (χ2n) is 5.16. The third-order valence-electron chi connectivity index (χ3n) is 3.03. The summed E-state index contributed by atoms with van der Waals surface area (Å²) in [4.78, 5) is 26.8. The van der Waals surface area contributed by atoms with Crippen molar-refractivity contribution in [3.05, 3.63) is 24.0 Å². The van der Waals surface area contributed by atoms with Gasteiger partial charge in [0, 0.05) is 11.7 Å². The Hall–Kier alpha value is -2.11. The van der Waals surface area contributed by atoms with Crippen LogP contribution in [0, 0.1) is 0 Å². The monoisotopic (exact) mass is 280 g/mol. The minimum Gasteiger partial charge on any atom is -0.478 e. The highest BCUT2D eigenvalue weighted by Crippen LogP contribution is 2.18. The number of carboxylic acids is 1. The van der Waals surface area contributed by atoms with Crippen LogP contribution >= 0.6 is 0 Å². The van der Waals surface area contributed by atoms with E-state index in [-0.39, 0.29) is 22.8 Å². The van der Waals surface area contributed by atoms with Gasteiger partial charge in [-0.1, -0.05) is 6.92 Å². The molecular formula is C14H20N2O4. The minimum absolute atomic E-state index is 0.0191. The molecule has 6 nitrogen and oxygen atoms in total. The lowest BCUT2D eigenvalue weighted by molar-refractivity contribution is -0.129. The summed E-state index contributed by atoms with van der Waals surface area (Å²) >= 11 is 0. The van der Waals surface area contributed by atoms with Gasteiger partial charge in [-0.05, 0) is 33.3 Å². The standard InChI is InChI=1S/C14H20N2O4/c1-5-14(3,4)16-12(17)9(2)20-11-8-15-7-6-10(11)13(18)19/h6-9H,5H2,1-4H3,(H,16,17)(H,18,19). The molecule has 0 aliphatic heterocycles. The zero-order chi connectivity index (χ0) is 15.3. The number of nitrogens with zero attached hydrogens (tertiary/aromatic N) is 1. The van der Waals surface area contributed by atoms with Crippen molar-refractivity contribution in [3.8, 4) is 5.75 Å². The zero-order valence-corrected chi connectivity index (χ0v) is 12.1. The molecule has 0 spiro atoms. The summed E-state index contributed by atoms with van der Waals surface area (Å²) in [6.07, 6.45) is 2.63. The topological polar surface area (TPSA) is 88.5 Å². The van der Waals surface area contributed by atoms with Crippen molar-refractivity contribution < 1.29 is 19.4 Å². The van der Waals surface area contributed by atoms with Crippen LogP contribution in [0.5, 0.6) is 5.75 Å². The van der Waals surface area contributed by atoms with Gasteiger partial charge in [0.25, 0.3) is 5.91 Å². The summed E-state index contributed by atoms with van der Waals surface area (Å²) in [5, 5.41) is 11.9. The van der Waals surface area contributed by atoms with Gasteiger partial charge in [-0.2, -0.15) is 0 Å². The molecule has 6 heteroatoms. The van der Waals surface area contributed by atoms with Crippen LogP contribution < -0.4 is 10.1 Å². The Bertz CT molecular complexity index is 500. The molecule has 110 valence electrons. The number of hydrogen-bond acceptors (Lipinski definition) is 4. The van der Waals surface area contributed by atoms with E-state index in [2.05, 4.69) is 10.3 Å². The molecule has 0 aliphatic rings. The molecule has 0 radical (unpaired) electrons. The summed E-state index contributed by atoms with van der Waals surface area (Å²) in [5.41, 5.74) is -0.353. The van der Waals surface area contributed by atoms with E-state index >= 15 is 0 Å². The van der Waals surface area contributed by atoms with Gasteiger partial charge in [0.05, 0.1) is 6.20 Å². The van der Waals surface area contributed by atoms with E-state index in [0.29, 0.717) is 0 Å². The van der Waals surface area contributed by atoms with Crippen LogP contribution in [0.3, 0.4) is 0 Å². The van der Waals surface area contributed by atoms with E-state index < -0.39 is 12.1 Å². The van der Waals surface area contributed by atoms with Crippen molar-refractivity contribution in [2.45, 2.75) is 45.8 Å². The van der Waals surface area contributed by atoms with Crippen molar-refractivity contribution in [1.82, 2.24) is 10.3 Å². The maximum atomic E-state index is 12.0. The Morgan fingerprint density at radius 3 is 2.70 bits per heavy atom. The fourth-order valence-corrected chi connectivity index (χ4v) is 1.42. The first-order valence-electron chi connectivity index (χ1n) is 6.43. The summed E-state index contributed by atoms with van der Waals surface area (Å²) in [6, 6.07) is 1.33. The summed E-state index contributed by atoms with van der Waals surface area (Å²) in [5.74, 6) is -1.34. The van der Waals surface area contributed by atoms with E-state index in [1.807, 2.05) is 20.8 Å². The Morgan fingerprint density at radius 2 is 2.15 bits per heavy atom. The molecule has 2 N–H and O–H groups in total. The van der Waals surface area contributed by atoms with Crippen LogP contribution in [0.2, 0.25) is 0 Å². The number of nitrogens with one attached hydrogen (secondary N) is 1. The fourth-order valence-electron chi connectivity index (χ4n) is 1.42. The first-order chi connectivity index (χ1) is 9.26. The molecule has 1 rings (SSSR count). The molecule has 0 aliphatic carbocycles. The molecule has 0 aromatic carbocycles. The average molecular weight is 280 g/mol. The fraction of sp³-hybridized carbons (Fsp3) is 0.500. The van der Waals surface area contributed by atoms with Gasteiger partial charge in [-0.3, -0.25) is 9.78 Å². The molecule has 0 saturated carbocycles. The average Bonchev–Trinajstić information content (AvgIpc) is 2.38. The van der Waals surface area contributed by atoms with Gasteiger partial charge in [-0.25, -0.2) is 4.79 Å². The van der Waals surface area contributed by atoms with Crippen molar-refractivity contribution in [3.63, 3.8) is 0 Å². The van der Waals surface area contributed by atoms with Crippen LogP contribution in [0.4, 0.5) is 0 Å². The van der Waals surface area contributed by atoms with Crippen LogP contribution in [-0.4, -0.2) is 33.6 Å².